The number of carbonyl (C=O) groups is 1. The third kappa shape index (κ3) is 5.13. The lowest BCUT2D eigenvalue weighted by atomic mass is 10.1. The van der Waals surface area contributed by atoms with Crippen LogP contribution in [0.4, 0.5) is 0 Å². The van der Waals surface area contributed by atoms with Crippen LogP contribution in [-0.4, -0.2) is 31.3 Å². The number of benzene rings is 1. The van der Waals surface area contributed by atoms with E-state index in [9.17, 15) is 4.79 Å². The van der Waals surface area contributed by atoms with Crippen molar-refractivity contribution in [3.63, 3.8) is 0 Å². The molecule has 0 aromatic heterocycles. The van der Waals surface area contributed by atoms with Crippen LogP contribution in [0, 0.1) is 0 Å². The molecule has 0 aliphatic heterocycles. The normalized spacial score (nSPS) is 16.1. The monoisotopic (exact) mass is 321 g/mol. The zero-order chi connectivity index (χ0) is 16.7. The van der Waals surface area contributed by atoms with E-state index in [0.29, 0.717) is 25.4 Å². The molecular formula is C18H27NO4. The molecule has 0 heterocycles. The maximum Gasteiger partial charge on any atom is 0.323 e. The van der Waals surface area contributed by atoms with Crippen LogP contribution < -0.4 is 15.2 Å². The highest BCUT2D eigenvalue weighted by molar-refractivity contribution is 5.75. The van der Waals surface area contributed by atoms with Crippen LogP contribution in [0.3, 0.4) is 0 Å². The summed E-state index contributed by atoms with van der Waals surface area (Å²) >= 11 is 0. The largest absolute Gasteiger partial charge is 0.490 e. The van der Waals surface area contributed by atoms with Gasteiger partial charge in [-0.05, 0) is 63.6 Å². The minimum atomic E-state index is -0.661. The molecule has 1 unspecified atom stereocenters. The fourth-order valence-corrected chi connectivity index (χ4v) is 2.82. The average Bonchev–Trinajstić information content (AvgIpc) is 3.03. The highest BCUT2D eigenvalue weighted by Crippen LogP contribution is 2.32. The molecule has 0 radical (unpaired) electrons. The van der Waals surface area contributed by atoms with Gasteiger partial charge in [0.2, 0.25) is 0 Å². The van der Waals surface area contributed by atoms with Crippen LogP contribution in [0.2, 0.25) is 0 Å². The predicted molar refractivity (Wildman–Crippen MR) is 88.8 cm³/mol. The number of esters is 1. The molecule has 23 heavy (non-hydrogen) atoms. The van der Waals surface area contributed by atoms with Crippen molar-refractivity contribution in [2.24, 2.45) is 5.73 Å². The van der Waals surface area contributed by atoms with E-state index in [1.165, 1.54) is 12.8 Å². The first kappa shape index (κ1) is 17.6. The van der Waals surface area contributed by atoms with Gasteiger partial charge >= 0.3 is 5.97 Å². The standard InChI is InChI=1S/C18H27NO4/c1-3-21-17-12-13(11-15(19)18(20)22-4-2)9-10-16(17)23-14-7-5-6-8-14/h9-10,12,14-15H,3-8,11,19H2,1-2H3. The number of nitrogens with two attached hydrogens (primary N) is 1. The summed E-state index contributed by atoms with van der Waals surface area (Å²) in [7, 11) is 0. The van der Waals surface area contributed by atoms with Crippen LogP contribution in [0.25, 0.3) is 0 Å². The van der Waals surface area contributed by atoms with Gasteiger partial charge in [0.15, 0.2) is 11.5 Å². The van der Waals surface area contributed by atoms with Crippen LogP contribution in [0.15, 0.2) is 18.2 Å². The van der Waals surface area contributed by atoms with Gasteiger partial charge in [0.1, 0.15) is 6.04 Å². The van der Waals surface area contributed by atoms with Crippen molar-refractivity contribution in [2.75, 3.05) is 13.2 Å². The average molecular weight is 321 g/mol. The predicted octanol–water partition coefficient (Wildman–Crippen LogP) is 2.84. The summed E-state index contributed by atoms with van der Waals surface area (Å²) in [6.07, 6.45) is 5.34. The Morgan fingerprint density at radius 1 is 1.22 bits per heavy atom. The van der Waals surface area contributed by atoms with Crippen molar-refractivity contribution in [2.45, 2.75) is 58.1 Å². The van der Waals surface area contributed by atoms with Gasteiger partial charge in [-0.1, -0.05) is 6.07 Å². The van der Waals surface area contributed by atoms with E-state index in [0.717, 1.165) is 24.2 Å². The molecule has 1 aliphatic rings. The highest BCUT2D eigenvalue weighted by Gasteiger charge is 2.20. The highest BCUT2D eigenvalue weighted by atomic mass is 16.5. The third-order valence-corrected chi connectivity index (χ3v) is 3.95. The van der Waals surface area contributed by atoms with E-state index in [-0.39, 0.29) is 12.1 Å². The van der Waals surface area contributed by atoms with Gasteiger partial charge in [0.05, 0.1) is 19.3 Å². The van der Waals surface area contributed by atoms with Gasteiger partial charge in [0.25, 0.3) is 0 Å². The summed E-state index contributed by atoms with van der Waals surface area (Å²) in [6, 6.07) is 5.10. The molecule has 1 aromatic rings. The Labute approximate surface area is 138 Å². The van der Waals surface area contributed by atoms with E-state index in [4.69, 9.17) is 19.9 Å². The lowest BCUT2D eigenvalue weighted by Crippen LogP contribution is -2.34. The van der Waals surface area contributed by atoms with E-state index < -0.39 is 6.04 Å². The van der Waals surface area contributed by atoms with Crippen LogP contribution in [0.5, 0.6) is 11.5 Å². The first-order chi connectivity index (χ1) is 11.1. The Morgan fingerprint density at radius 3 is 2.61 bits per heavy atom. The molecule has 128 valence electrons. The van der Waals surface area contributed by atoms with Crippen molar-refractivity contribution < 1.29 is 19.0 Å². The Hall–Kier alpha value is -1.75. The Bertz CT molecular complexity index is 512. The summed E-state index contributed by atoms with van der Waals surface area (Å²) in [5.41, 5.74) is 6.82. The van der Waals surface area contributed by atoms with E-state index in [1.54, 1.807) is 6.92 Å². The molecule has 0 bridgehead atoms. The summed E-state index contributed by atoms with van der Waals surface area (Å²) < 4.78 is 16.7. The number of hydrogen-bond acceptors (Lipinski definition) is 5. The molecule has 1 aromatic carbocycles. The Balaban J connectivity index is 2.06. The first-order valence-electron chi connectivity index (χ1n) is 8.48. The maximum absolute atomic E-state index is 11.7. The molecule has 1 saturated carbocycles. The Morgan fingerprint density at radius 2 is 1.96 bits per heavy atom. The minimum absolute atomic E-state index is 0.279. The second kappa shape index (κ2) is 8.77. The summed E-state index contributed by atoms with van der Waals surface area (Å²) in [5, 5.41) is 0. The number of rotatable bonds is 8. The fraction of sp³-hybridized carbons (Fsp3) is 0.611. The van der Waals surface area contributed by atoms with Crippen LogP contribution >= 0.6 is 0 Å². The molecule has 5 heteroatoms. The van der Waals surface area contributed by atoms with Gasteiger partial charge in [-0.15, -0.1) is 0 Å². The van der Waals surface area contributed by atoms with E-state index >= 15 is 0 Å². The molecule has 1 aliphatic carbocycles. The second-order valence-electron chi connectivity index (χ2n) is 5.80. The number of carbonyl (C=O) groups excluding carboxylic acids is 1. The molecule has 2 N–H and O–H groups in total. The molecule has 2 rings (SSSR count). The molecule has 1 atom stereocenters. The van der Waals surface area contributed by atoms with Crippen LogP contribution in [0.1, 0.15) is 45.1 Å². The fourth-order valence-electron chi connectivity index (χ4n) is 2.82. The quantitative estimate of drug-likeness (QED) is 0.746. The summed E-state index contributed by atoms with van der Waals surface area (Å²) in [5.74, 6) is 1.11. The zero-order valence-corrected chi connectivity index (χ0v) is 14.0. The number of hydrogen-bond donors (Lipinski definition) is 1. The van der Waals surface area contributed by atoms with Crippen molar-refractivity contribution in [1.29, 1.82) is 0 Å². The van der Waals surface area contributed by atoms with Crippen LogP contribution in [-0.2, 0) is 16.0 Å². The minimum Gasteiger partial charge on any atom is -0.490 e. The van der Waals surface area contributed by atoms with Gasteiger partial charge in [0, 0.05) is 0 Å². The lowest BCUT2D eigenvalue weighted by Gasteiger charge is -2.18. The third-order valence-electron chi connectivity index (χ3n) is 3.95. The summed E-state index contributed by atoms with van der Waals surface area (Å²) in [4.78, 5) is 11.7. The zero-order valence-electron chi connectivity index (χ0n) is 14.0. The maximum atomic E-state index is 11.7. The van der Waals surface area contributed by atoms with Crippen molar-refractivity contribution in [3.05, 3.63) is 23.8 Å². The Kier molecular flexibility index (Phi) is 6.71. The molecule has 0 spiro atoms. The van der Waals surface area contributed by atoms with Gasteiger partial charge in [-0.2, -0.15) is 0 Å². The second-order valence-corrected chi connectivity index (χ2v) is 5.80. The molecule has 0 saturated heterocycles. The number of ether oxygens (including phenoxy) is 3. The van der Waals surface area contributed by atoms with E-state index in [1.807, 2.05) is 25.1 Å². The summed E-state index contributed by atoms with van der Waals surface area (Å²) in [6.45, 7) is 4.61. The lowest BCUT2D eigenvalue weighted by molar-refractivity contribution is -0.144. The van der Waals surface area contributed by atoms with Crippen molar-refractivity contribution in [3.8, 4) is 11.5 Å². The van der Waals surface area contributed by atoms with Crippen molar-refractivity contribution >= 4 is 5.97 Å². The van der Waals surface area contributed by atoms with Gasteiger partial charge < -0.3 is 19.9 Å². The topological polar surface area (TPSA) is 70.8 Å². The smallest absolute Gasteiger partial charge is 0.323 e. The molecular weight excluding hydrogens is 294 g/mol. The molecule has 0 amide bonds. The van der Waals surface area contributed by atoms with E-state index in [2.05, 4.69) is 0 Å². The van der Waals surface area contributed by atoms with Gasteiger partial charge in [-0.25, -0.2) is 0 Å². The molecule has 1 fully saturated rings. The van der Waals surface area contributed by atoms with Gasteiger partial charge in [-0.3, -0.25) is 4.79 Å². The first-order valence-corrected chi connectivity index (χ1v) is 8.48. The molecule has 5 nitrogen and oxygen atoms in total. The van der Waals surface area contributed by atoms with Crippen molar-refractivity contribution in [1.82, 2.24) is 0 Å². The SMILES string of the molecule is CCOC(=O)C(N)Cc1ccc(OC2CCCC2)c(OCC)c1.